The molecule has 20 heavy (non-hydrogen) atoms. The van der Waals surface area contributed by atoms with E-state index in [0.717, 1.165) is 5.03 Å². The Morgan fingerprint density at radius 2 is 2.35 bits per heavy atom. The van der Waals surface area contributed by atoms with Gasteiger partial charge in [-0.05, 0) is 32.0 Å². The zero-order chi connectivity index (χ0) is 15.2. The predicted molar refractivity (Wildman–Crippen MR) is 83.3 cm³/mol. The number of carbonyl (C=O) groups is 1. The van der Waals surface area contributed by atoms with E-state index in [0.29, 0.717) is 18.0 Å². The number of halogens is 1. The molecule has 1 aromatic heterocycles. The SMILES string of the molecule is CCNC(C)(CC(C)Sc1ncccc1Cl)C(=O)OC. The van der Waals surface area contributed by atoms with Crippen LogP contribution in [0.4, 0.5) is 0 Å². The normalized spacial score (nSPS) is 15.4. The summed E-state index contributed by atoms with van der Waals surface area (Å²) in [6.45, 7) is 6.58. The minimum atomic E-state index is -0.697. The molecule has 1 aromatic rings. The van der Waals surface area contributed by atoms with Crippen LogP contribution in [0.5, 0.6) is 0 Å². The quantitative estimate of drug-likeness (QED) is 0.618. The number of likely N-dealkylation sites (N-methyl/N-ethyl adjacent to an activating group) is 1. The molecule has 0 aliphatic rings. The van der Waals surface area contributed by atoms with Gasteiger partial charge in [-0.3, -0.25) is 4.79 Å². The molecule has 0 fully saturated rings. The molecule has 1 rings (SSSR count). The van der Waals surface area contributed by atoms with Gasteiger partial charge in [0, 0.05) is 11.4 Å². The summed E-state index contributed by atoms with van der Waals surface area (Å²) in [7, 11) is 1.41. The molecule has 2 atom stereocenters. The van der Waals surface area contributed by atoms with Gasteiger partial charge in [-0.1, -0.05) is 25.4 Å². The molecule has 1 N–H and O–H groups in total. The van der Waals surface area contributed by atoms with E-state index in [1.807, 2.05) is 26.8 Å². The Balaban J connectivity index is 2.74. The number of hydrogen-bond donors (Lipinski definition) is 1. The number of thioether (sulfide) groups is 1. The van der Waals surface area contributed by atoms with E-state index < -0.39 is 5.54 Å². The van der Waals surface area contributed by atoms with Gasteiger partial charge in [0.1, 0.15) is 10.6 Å². The second kappa shape index (κ2) is 7.86. The Bertz CT molecular complexity index is 459. The summed E-state index contributed by atoms with van der Waals surface area (Å²) >= 11 is 7.66. The molecular weight excluding hydrogens is 296 g/mol. The van der Waals surface area contributed by atoms with Gasteiger partial charge in [0.15, 0.2) is 0 Å². The number of ether oxygens (including phenoxy) is 1. The first-order valence-electron chi connectivity index (χ1n) is 6.53. The van der Waals surface area contributed by atoms with Crippen molar-refractivity contribution in [2.45, 2.75) is 43.0 Å². The summed E-state index contributed by atoms with van der Waals surface area (Å²) in [5, 5.41) is 4.79. The molecule has 1 heterocycles. The second-order valence-corrected chi connectivity index (χ2v) is 6.61. The van der Waals surface area contributed by atoms with Crippen LogP contribution in [0.2, 0.25) is 5.02 Å². The summed E-state index contributed by atoms with van der Waals surface area (Å²) in [5.74, 6) is -0.251. The lowest BCUT2D eigenvalue weighted by molar-refractivity contribution is -0.148. The molecule has 0 aliphatic heterocycles. The number of nitrogens with zero attached hydrogens (tertiary/aromatic N) is 1. The Hall–Kier alpha value is -0.780. The highest BCUT2D eigenvalue weighted by atomic mass is 35.5. The fourth-order valence-corrected chi connectivity index (χ4v) is 3.46. The molecule has 0 spiro atoms. The summed E-state index contributed by atoms with van der Waals surface area (Å²) in [4.78, 5) is 16.2. The fraction of sp³-hybridized carbons (Fsp3) is 0.571. The molecule has 0 saturated heterocycles. The number of pyridine rings is 1. The molecule has 6 heteroatoms. The molecule has 0 aromatic carbocycles. The van der Waals surface area contributed by atoms with Crippen LogP contribution in [0.25, 0.3) is 0 Å². The Labute approximate surface area is 129 Å². The summed E-state index contributed by atoms with van der Waals surface area (Å²) in [5.41, 5.74) is -0.697. The van der Waals surface area contributed by atoms with E-state index in [1.54, 1.807) is 24.0 Å². The van der Waals surface area contributed by atoms with E-state index >= 15 is 0 Å². The lowest BCUT2D eigenvalue weighted by Gasteiger charge is -2.30. The number of methoxy groups -OCH3 is 1. The average Bonchev–Trinajstić information content (AvgIpc) is 2.40. The van der Waals surface area contributed by atoms with Gasteiger partial charge in [-0.2, -0.15) is 0 Å². The maximum absolute atomic E-state index is 11.9. The Morgan fingerprint density at radius 3 is 2.90 bits per heavy atom. The monoisotopic (exact) mass is 316 g/mol. The van der Waals surface area contributed by atoms with E-state index in [4.69, 9.17) is 16.3 Å². The standard InChI is InChI=1S/C14H21ClN2O2S/c1-5-17-14(3,13(18)19-4)9-10(2)20-12-11(15)7-6-8-16-12/h6-8,10,17H,5,9H2,1-4H3. The summed E-state index contributed by atoms with van der Waals surface area (Å²) < 4.78 is 4.89. The van der Waals surface area contributed by atoms with Crippen molar-refractivity contribution < 1.29 is 9.53 Å². The summed E-state index contributed by atoms with van der Waals surface area (Å²) in [6, 6.07) is 3.61. The van der Waals surface area contributed by atoms with Crippen molar-refractivity contribution in [1.29, 1.82) is 0 Å². The number of esters is 1. The topological polar surface area (TPSA) is 51.2 Å². The molecule has 0 radical (unpaired) electrons. The molecule has 0 bridgehead atoms. The van der Waals surface area contributed by atoms with E-state index in [9.17, 15) is 4.79 Å². The number of carbonyl (C=O) groups excluding carboxylic acids is 1. The van der Waals surface area contributed by atoms with Crippen molar-refractivity contribution in [3.63, 3.8) is 0 Å². The van der Waals surface area contributed by atoms with Crippen molar-refractivity contribution in [1.82, 2.24) is 10.3 Å². The van der Waals surface area contributed by atoms with E-state index in [-0.39, 0.29) is 11.2 Å². The molecule has 2 unspecified atom stereocenters. The predicted octanol–water partition coefficient (Wildman–Crippen LogP) is 3.15. The number of hydrogen-bond acceptors (Lipinski definition) is 5. The lowest BCUT2D eigenvalue weighted by atomic mass is 9.96. The van der Waals surface area contributed by atoms with Crippen LogP contribution in [0.1, 0.15) is 27.2 Å². The van der Waals surface area contributed by atoms with Crippen molar-refractivity contribution in [2.75, 3.05) is 13.7 Å². The van der Waals surface area contributed by atoms with Crippen molar-refractivity contribution >= 4 is 29.3 Å². The van der Waals surface area contributed by atoms with Crippen molar-refractivity contribution in [3.8, 4) is 0 Å². The van der Waals surface area contributed by atoms with Crippen LogP contribution in [0, 0.1) is 0 Å². The van der Waals surface area contributed by atoms with E-state index in [2.05, 4.69) is 10.3 Å². The fourth-order valence-electron chi connectivity index (χ4n) is 2.11. The third kappa shape index (κ3) is 4.65. The highest BCUT2D eigenvalue weighted by molar-refractivity contribution is 7.99. The largest absolute Gasteiger partial charge is 0.468 e. The van der Waals surface area contributed by atoms with Gasteiger partial charge in [0.25, 0.3) is 0 Å². The maximum Gasteiger partial charge on any atom is 0.325 e. The highest BCUT2D eigenvalue weighted by Crippen LogP contribution is 2.32. The lowest BCUT2D eigenvalue weighted by Crippen LogP contribution is -2.51. The van der Waals surface area contributed by atoms with Crippen LogP contribution in [-0.2, 0) is 9.53 Å². The van der Waals surface area contributed by atoms with Gasteiger partial charge >= 0.3 is 5.97 Å². The van der Waals surface area contributed by atoms with Crippen LogP contribution < -0.4 is 5.32 Å². The molecule has 0 saturated carbocycles. The zero-order valence-corrected chi connectivity index (χ0v) is 13.8. The number of nitrogens with one attached hydrogen (secondary N) is 1. The Kier molecular flexibility index (Phi) is 6.79. The summed E-state index contributed by atoms with van der Waals surface area (Å²) in [6.07, 6.45) is 2.34. The first-order valence-corrected chi connectivity index (χ1v) is 7.79. The highest BCUT2D eigenvalue weighted by Gasteiger charge is 2.35. The molecule has 0 amide bonds. The smallest absolute Gasteiger partial charge is 0.325 e. The van der Waals surface area contributed by atoms with Gasteiger partial charge in [-0.25, -0.2) is 4.98 Å². The molecular formula is C14H21ClN2O2S. The Morgan fingerprint density at radius 1 is 1.65 bits per heavy atom. The maximum atomic E-state index is 11.9. The average molecular weight is 317 g/mol. The zero-order valence-electron chi connectivity index (χ0n) is 12.3. The van der Waals surface area contributed by atoms with Gasteiger partial charge in [0.2, 0.25) is 0 Å². The van der Waals surface area contributed by atoms with Crippen molar-refractivity contribution in [3.05, 3.63) is 23.4 Å². The number of rotatable bonds is 7. The third-order valence-corrected chi connectivity index (χ3v) is 4.47. The molecule has 112 valence electrons. The van der Waals surface area contributed by atoms with Gasteiger partial charge in [0.05, 0.1) is 12.1 Å². The minimum Gasteiger partial charge on any atom is -0.468 e. The third-order valence-electron chi connectivity index (χ3n) is 2.94. The first-order chi connectivity index (χ1) is 9.42. The molecule has 4 nitrogen and oxygen atoms in total. The first kappa shape index (κ1) is 17.3. The van der Waals surface area contributed by atoms with E-state index in [1.165, 1.54) is 7.11 Å². The number of aromatic nitrogens is 1. The molecule has 0 aliphatic carbocycles. The van der Waals surface area contributed by atoms with Crippen molar-refractivity contribution in [2.24, 2.45) is 0 Å². The van der Waals surface area contributed by atoms with Crippen LogP contribution in [0.15, 0.2) is 23.4 Å². The van der Waals surface area contributed by atoms with Crippen LogP contribution in [0.3, 0.4) is 0 Å². The second-order valence-electron chi connectivity index (χ2n) is 4.78. The van der Waals surface area contributed by atoms with Gasteiger partial charge < -0.3 is 10.1 Å². The van der Waals surface area contributed by atoms with Crippen LogP contribution >= 0.6 is 23.4 Å². The van der Waals surface area contributed by atoms with Crippen LogP contribution in [-0.4, -0.2) is 35.4 Å². The minimum absolute atomic E-state index is 0.172. The van der Waals surface area contributed by atoms with Gasteiger partial charge in [-0.15, -0.1) is 11.8 Å².